The van der Waals surface area contributed by atoms with Gasteiger partial charge >= 0.3 is 0 Å². The molecular formula is C25H36N2O3. The normalized spacial score (nSPS) is 29.6. The minimum atomic E-state index is -0.611. The van der Waals surface area contributed by atoms with E-state index >= 15 is 0 Å². The highest BCUT2D eigenvalue weighted by atomic mass is 16.5. The lowest BCUT2D eigenvalue weighted by Crippen LogP contribution is -2.67. The molecule has 0 unspecified atom stereocenters. The first-order valence-electron chi connectivity index (χ1n) is 11.6. The molecule has 0 radical (unpaired) electrons. The molecule has 3 heterocycles. The molecule has 5 nitrogen and oxygen atoms in total. The second-order valence-corrected chi connectivity index (χ2v) is 9.17. The van der Waals surface area contributed by atoms with Crippen molar-refractivity contribution in [3.05, 3.63) is 35.4 Å². The van der Waals surface area contributed by atoms with Gasteiger partial charge in [0.1, 0.15) is 6.10 Å². The van der Waals surface area contributed by atoms with Crippen LogP contribution in [0.5, 0.6) is 0 Å². The van der Waals surface area contributed by atoms with Crippen LogP contribution in [0.3, 0.4) is 0 Å². The van der Waals surface area contributed by atoms with Crippen molar-refractivity contribution in [2.24, 2.45) is 5.92 Å². The Bertz CT molecular complexity index is 733. The van der Waals surface area contributed by atoms with Crippen molar-refractivity contribution in [3.63, 3.8) is 0 Å². The van der Waals surface area contributed by atoms with E-state index in [4.69, 9.17) is 4.74 Å². The highest BCUT2D eigenvalue weighted by Crippen LogP contribution is 2.42. The van der Waals surface area contributed by atoms with Crippen LogP contribution in [-0.2, 0) is 4.74 Å². The summed E-state index contributed by atoms with van der Waals surface area (Å²) in [7, 11) is 0. The summed E-state index contributed by atoms with van der Waals surface area (Å²) in [5, 5.41) is 19.5. The van der Waals surface area contributed by atoms with E-state index in [1.165, 1.54) is 44.3 Å². The van der Waals surface area contributed by atoms with Crippen LogP contribution in [0.25, 0.3) is 0 Å². The van der Waals surface area contributed by atoms with Gasteiger partial charge in [-0.2, -0.15) is 0 Å². The molecule has 0 aliphatic carbocycles. The molecule has 4 atom stereocenters. The summed E-state index contributed by atoms with van der Waals surface area (Å²) >= 11 is 0. The molecule has 3 aliphatic heterocycles. The Morgan fingerprint density at radius 2 is 1.87 bits per heavy atom. The fourth-order valence-electron chi connectivity index (χ4n) is 5.45. The van der Waals surface area contributed by atoms with Crippen LogP contribution in [0.15, 0.2) is 24.3 Å². The quantitative estimate of drug-likeness (QED) is 0.742. The number of fused-ring (bicyclic) bond motifs is 1. The van der Waals surface area contributed by atoms with Gasteiger partial charge in [-0.25, -0.2) is 0 Å². The van der Waals surface area contributed by atoms with Crippen molar-refractivity contribution < 1.29 is 14.9 Å². The second kappa shape index (κ2) is 10.3. The molecule has 30 heavy (non-hydrogen) atoms. The van der Waals surface area contributed by atoms with Crippen LogP contribution in [0.2, 0.25) is 0 Å². The van der Waals surface area contributed by atoms with E-state index in [2.05, 4.69) is 33.8 Å². The number of hydrogen-bond donors (Lipinski definition) is 2. The molecule has 2 N–H and O–H groups in total. The fraction of sp³-hybridized carbons (Fsp3) is 0.680. The SMILES string of the molecule is C[C@H](O)C#Cc1ccc([C@@H]2[C@H]3CN(CC4CCOCC4)CCCCN3[C@H]2CO)cc1. The number of aliphatic hydroxyl groups excluding tert-OH is 2. The van der Waals surface area contributed by atoms with E-state index < -0.39 is 6.10 Å². The Morgan fingerprint density at radius 1 is 1.13 bits per heavy atom. The first-order chi connectivity index (χ1) is 14.7. The minimum Gasteiger partial charge on any atom is -0.395 e. The van der Waals surface area contributed by atoms with Crippen molar-refractivity contribution in [2.75, 3.05) is 46.0 Å². The summed E-state index contributed by atoms with van der Waals surface area (Å²) in [6.07, 6.45) is 4.20. The van der Waals surface area contributed by atoms with E-state index in [9.17, 15) is 10.2 Å². The van der Waals surface area contributed by atoms with Crippen LogP contribution >= 0.6 is 0 Å². The van der Waals surface area contributed by atoms with Crippen molar-refractivity contribution in [3.8, 4) is 11.8 Å². The summed E-state index contributed by atoms with van der Waals surface area (Å²) in [6, 6.07) is 9.11. The number of benzene rings is 1. The number of aliphatic hydroxyl groups is 2. The van der Waals surface area contributed by atoms with Crippen molar-refractivity contribution >= 4 is 0 Å². The van der Waals surface area contributed by atoms with Gasteiger partial charge in [0.05, 0.1) is 6.61 Å². The average Bonchev–Trinajstić information content (AvgIpc) is 2.74. The Hall–Kier alpha value is -1.42. The van der Waals surface area contributed by atoms with E-state index in [1.54, 1.807) is 6.92 Å². The molecule has 0 saturated carbocycles. The molecule has 3 aliphatic rings. The lowest BCUT2D eigenvalue weighted by atomic mass is 9.74. The van der Waals surface area contributed by atoms with Crippen molar-refractivity contribution in [1.82, 2.24) is 9.80 Å². The van der Waals surface area contributed by atoms with Crippen molar-refractivity contribution in [1.29, 1.82) is 0 Å². The Morgan fingerprint density at radius 3 is 2.57 bits per heavy atom. The predicted molar refractivity (Wildman–Crippen MR) is 118 cm³/mol. The molecule has 0 aromatic heterocycles. The monoisotopic (exact) mass is 412 g/mol. The number of hydrogen-bond acceptors (Lipinski definition) is 5. The third-order valence-corrected chi connectivity index (χ3v) is 7.03. The van der Waals surface area contributed by atoms with Crippen LogP contribution in [0.1, 0.15) is 49.7 Å². The van der Waals surface area contributed by atoms with Gasteiger partial charge in [0, 0.05) is 49.9 Å². The second-order valence-electron chi connectivity index (χ2n) is 9.17. The smallest absolute Gasteiger partial charge is 0.112 e. The number of nitrogens with zero attached hydrogens (tertiary/aromatic N) is 2. The molecular weight excluding hydrogens is 376 g/mol. The first kappa shape index (κ1) is 21.8. The predicted octanol–water partition coefficient (Wildman–Crippen LogP) is 2.07. The Kier molecular flexibility index (Phi) is 7.45. The molecule has 4 rings (SSSR count). The van der Waals surface area contributed by atoms with Gasteiger partial charge in [-0.3, -0.25) is 4.90 Å². The summed E-state index contributed by atoms with van der Waals surface area (Å²) in [6.45, 7) is 8.25. The van der Waals surface area contributed by atoms with E-state index in [0.717, 1.165) is 37.8 Å². The van der Waals surface area contributed by atoms with Gasteiger partial charge in [-0.15, -0.1) is 0 Å². The summed E-state index contributed by atoms with van der Waals surface area (Å²) in [5.41, 5.74) is 2.22. The largest absolute Gasteiger partial charge is 0.395 e. The summed E-state index contributed by atoms with van der Waals surface area (Å²) in [4.78, 5) is 5.22. The van der Waals surface area contributed by atoms with E-state index in [-0.39, 0.29) is 12.6 Å². The zero-order valence-corrected chi connectivity index (χ0v) is 18.2. The number of ether oxygens (including phenoxy) is 1. The zero-order valence-electron chi connectivity index (χ0n) is 18.2. The third-order valence-electron chi connectivity index (χ3n) is 7.03. The minimum absolute atomic E-state index is 0.213. The highest BCUT2D eigenvalue weighted by molar-refractivity contribution is 5.39. The molecule has 1 aromatic carbocycles. The fourth-order valence-corrected chi connectivity index (χ4v) is 5.45. The summed E-state index contributed by atoms with van der Waals surface area (Å²) < 4.78 is 5.55. The third kappa shape index (κ3) is 5.07. The molecule has 3 fully saturated rings. The van der Waals surface area contributed by atoms with Crippen LogP contribution in [-0.4, -0.2) is 84.2 Å². The van der Waals surface area contributed by atoms with Crippen LogP contribution in [0, 0.1) is 17.8 Å². The van der Waals surface area contributed by atoms with E-state index in [1.807, 2.05) is 12.1 Å². The van der Waals surface area contributed by atoms with Crippen LogP contribution in [0.4, 0.5) is 0 Å². The summed E-state index contributed by atoms with van der Waals surface area (Å²) in [5.74, 6) is 6.95. The van der Waals surface area contributed by atoms with Gasteiger partial charge in [0.2, 0.25) is 0 Å². The highest BCUT2D eigenvalue weighted by Gasteiger charge is 2.49. The molecule has 0 spiro atoms. The lowest BCUT2D eigenvalue weighted by molar-refractivity contribution is -0.0677. The maximum atomic E-state index is 10.1. The maximum Gasteiger partial charge on any atom is 0.112 e. The molecule has 0 amide bonds. The van der Waals surface area contributed by atoms with Gasteiger partial charge < -0.3 is 19.8 Å². The van der Waals surface area contributed by atoms with Gasteiger partial charge in [-0.05, 0) is 69.3 Å². The van der Waals surface area contributed by atoms with E-state index in [0.29, 0.717) is 12.0 Å². The van der Waals surface area contributed by atoms with Crippen molar-refractivity contribution in [2.45, 2.75) is 56.7 Å². The van der Waals surface area contributed by atoms with Gasteiger partial charge in [-0.1, -0.05) is 24.0 Å². The first-order valence-corrected chi connectivity index (χ1v) is 11.6. The van der Waals surface area contributed by atoms with Gasteiger partial charge in [0.15, 0.2) is 0 Å². The number of rotatable bonds is 4. The standard InChI is InChI=1S/C25H36N2O3/c1-19(29)4-5-20-6-8-22(9-7-20)25-23-17-26(16-21-10-14-30-15-11-21)12-2-3-13-27(23)24(25)18-28/h6-9,19,21,23-25,28-29H,2-3,10-18H2,1H3/t19-,23+,24-,25+/m0/s1. The topological polar surface area (TPSA) is 56.2 Å². The Balaban J connectivity index is 1.47. The Labute approximate surface area is 181 Å². The van der Waals surface area contributed by atoms with Gasteiger partial charge in [0.25, 0.3) is 0 Å². The lowest BCUT2D eigenvalue weighted by Gasteiger charge is -2.57. The maximum absolute atomic E-state index is 10.1. The average molecular weight is 413 g/mol. The molecule has 164 valence electrons. The molecule has 5 heteroatoms. The van der Waals surface area contributed by atoms with Crippen LogP contribution < -0.4 is 0 Å². The molecule has 1 aromatic rings. The zero-order chi connectivity index (χ0) is 20.9. The molecule has 3 saturated heterocycles. The molecule has 0 bridgehead atoms.